The molecule has 0 aliphatic heterocycles. The van der Waals surface area contributed by atoms with Gasteiger partial charge in [-0.2, -0.15) is 0 Å². The van der Waals surface area contributed by atoms with Crippen molar-refractivity contribution in [2.45, 2.75) is 0 Å². The van der Waals surface area contributed by atoms with E-state index in [1.165, 1.54) is 12.1 Å². The highest BCUT2D eigenvalue weighted by molar-refractivity contribution is 6.42. The first-order valence-electron chi connectivity index (χ1n) is 6.47. The van der Waals surface area contributed by atoms with E-state index < -0.39 is 0 Å². The van der Waals surface area contributed by atoms with Crippen molar-refractivity contribution < 1.29 is 9.18 Å². The van der Waals surface area contributed by atoms with Crippen molar-refractivity contribution in [2.75, 3.05) is 5.32 Å². The molecule has 1 aromatic heterocycles. The van der Waals surface area contributed by atoms with Gasteiger partial charge in [0.25, 0.3) is 5.91 Å². The Morgan fingerprint density at radius 1 is 1.14 bits per heavy atom. The van der Waals surface area contributed by atoms with E-state index in [0.717, 1.165) is 0 Å². The second-order valence-corrected chi connectivity index (χ2v) is 5.66. The fourth-order valence-corrected chi connectivity index (χ4v) is 2.61. The molecule has 0 bridgehead atoms. The summed E-state index contributed by atoms with van der Waals surface area (Å²) in [6, 6.07) is 11.1. The van der Waals surface area contributed by atoms with Gasteiger partial charge in [0.15, 0.2) is 0 Å². The summed E-state index contributed by atoms with van der Waals surface area (Å²) in [5.41, 5.74) is 1.52. The van der Waals surface area contributed by atoms with Gasteiger partial charge < -0.3 is 9.88 Å². The third kappa shape index (κ3) is 2.56. The molecule has 2 aromatic carbocycles. The van der Waals surface area contributed by atoms with Gasteiger partial charge in [-0.1, -0.05) is 29.3 Å². The van der Waals surface area contributed by atoms with Crippen molar-refractivity contribution in [3.8, 4) is 0 Å². The third-order valence-corrected chi connectivity index (χ3v) is 4.18. The minimum Gasteiger partial charge on any atom is -0.340 e. The molecule has 6 heteroatoms. The van der Waals surface area contributed by atoms with Crippen molar-refractivity contribution in [1.82, 2.24) is 4.57 Å². The molecule has 0 radical (unpaired) electrons. The van der Waals surface area contributed by atoms with Gasteiger partial charge in [-0.15, -0.1) is 0 Å². The monoisotopic (exact) mass is 336 g/mol. The van der Waals surface area contributed by atoms with Crippen LogP contribution in [0.3, 0.4) is 0 Å². The number of nitrogens with one attached hydrogen (secondary N) is 1. The van der Waals surface area contributed by atoms with Gasteiger partial charge >= 0.3 is 0 Å². The predicted molar refractivity (Wildman–Crippen MR) is 87.3 cm³/mol. The molecule has 3 aromatic rings. The molecular formula is C16H11Cl2FN2O. The number of aryl methyl sites for hydroxylation is 1. The van der Waals surface area contributed by atoms with Crippen LogP contribution in [0.15, 0.2) is 42.5 Å². The van der Waals surface area contributed by atoms with E-state index in [9.17, 15) is 9.18 Å². The summed E-state index contributed by atoms with van der Waals surface area (Å²) in [7, 11) is 1.71. The first kappa shape index (κ1) is 14.9. The molecule has 0 aliphatic rings. The zero-order valence-corrected chi connectivity index (χ0v) is 13.0. The highest BCUT2D eigenvalue weighted by Gasteiger charge is 2.15. The number of hydrogen-bond donors (Lipinski definition) is 1. The Hall–Kier alpha value is -2.04. The summed E-state index contributed by atoms with van der Waals surface area (Å²) in [6.07, 6.45) is 0. The molecule has 0 aliphatic carbocycles. The van der Waals surface area contributed by atoms with Crippen LogP contribution < -0.4 is 5.32 Å². The Bertz CT molecular complexity index is 889. The number of amides is 1. The lowest BCUT2D eigenvalue weighted by Crippen LogP contribution is -2.15. The maximum absolute atomic E-state index is 13.8. The Labute approximate surface area is 136 Å². The zero-order valence-electron chi connectivity index (χ0n) is 11.5. The second-order valence-electron chi connectivity index (χ2n) is 4.84. The van der Waals surface area contributed by atoms with Crippen LogP contribution in [0.5, 0.6) is 0 Å². The van der Waals surface area contributed by atoms with E-state index in [1.807, 2.05) is 0 Å². The normalized spacial score (nSPS) is 10.9. The van der Waals surface area contributed by atoms with E-state index in [-0.39, 0.29) is 11.7 Å². The van der Waals surface area contributed by atoms with Crippen LogP contribution in [0.25, 0.3) is 10.9 Å². The number of carbonyl (C=O) groups is 1. The summed E-state index contributed by atoms with van der Waals surface area (Å²) in [6.45, 7) is 0. The molecule has 1 amide bonds. The molecule has 0 atom stereocenters. The Kier molecular flexibility index (Phi) is 3.81. The Morgan fingerprint density at radius 2 is 1.91 bits per heavy atom. The third-order valence-electron chi connectivity index (χ3n) is 3.44. The smallest absolute Gasteiger partial charge is 0.272 e. The SMILES string of the molecule is Cn1c(C(=O)Nc2ccc(Cl)c(Cl)c2)cc2c(F)cccc21. The fraction of sp³-hybridized carbons (Fsp3) is 0.0625. The number of halogens is 3. The van der Waals surface area contributed by atoms with Crippen LogP contribution in [0.2, 0.25) is 10.0 Å². The second kappa shape index (κ2) is 5.63. The molecule has 0 spiro atoms. The molecule has 0 fully saturated rings. The lowest BCUT2D eigenvalue weighted by Gasteiger charge is -2.07. The number of anilines is 1. The maximum Gasteiger partial charge on any atom is 0.272 e. The summed E-state index contributed by atoms with van der Waals surface area (Å²) in [5, 5.41) is 3.89. The van der Waals surface area contributed by atoms with Crippen molar-refractivity contribution in [3.63, 3.8) is 0 Å². The van der Waals surface area contributed by atoms with Crippen molar-refractivity contribution in [3.05, 3.63) is 64.0 Å². The Balaban J connectivity index is 1.97. The molecule has 22 heavy (non-hydrogen) atoms. The van der Waals surface area contributed by atoms with Crippen LogP contribution >= 0.6 is 23.2 Å². The van der Waals surface area contributed by atoms with Gasteiger partial charge in [0, 0.05) is 18.1 Å². The van der Waals surface area contributed by atoms with Gasteiger partial charge in [0.05, 0.1) is 15.6 Å². The van der Waals surface area contributed by atoms with Crippen LogP contribution in [-0.2, 0) is 7.05 Å². The van der Waals surface area contributed by atoms with Crippen molar-refractivity contribution >= 4 is 45.7 Å². The van der Waals surface area contributed by atoms with Crippen LogP contribution in [0.4, 0.5) is 10.1 Å². The number of aromatic nitrogens is 1. The van der Waals surface area contributed by atoms with Gasteiger partial charge in [-0.05, 0) is 36.4 Å². The largest absolute Gasteiger partial charge is 0.340 e. The molecule has 3 rings (SSSR count). The van der Waals surface area contributed by atoms with Gasteiger partial charge in [0.2, 0.25) is 0 Å². The quantitative estimate of drug-likeness (QED) is 0.711. The van der Waals surface area contributed by atoms with Gasteiger partial charge in [0.1, 0.15) is 11.5 Å². The number of fused-ring (bicyclic) bond motifs is 1. The minimum absolute atomic E-state index is 0.350. The van der Waals surface area contributed by atoms with E-state index in [0.29, 0.717) is 32.3 Å². The van der Waals surface area contributed by atoms with E-state index in [4.69, 9.17) is 23.2 Å². The summed E-state index contributed by atoms with van der Waals surface area (Å²) in [5.74, 6) is -0.710. The maximum atomic E-state index is 13.8. The molecule has 0 unspecified atom stereocenters. The van der Waals surface area contributed by atoms with Gasteiger partial charge in [-0.25, -0.2) is 4.39 Å². The van der Waals surface area contributed by atoms with Crippen LogP contribution in [0, 0.1) is 5.82 Å². The summed E-state index contributed by atoms with van der Waals surface area (Å²) >= 11 is 11.8. The zero-order chi connectivity index (χ0) is 15.9. The molecule has 1 N–H and O–H groups in total. The lowest BCUT2D eigenvalue weighted by atomic mass is 10.2. The molecule has 1 heterocycles. The standard InChI is InChI=1S/C16H11Cl2FN2O/c1-21-14-4-2-3-13(19)10(14)8-15(21)16(22)20-9-5-6-11(17)12(18)7-9/h2-8H,1H3,(H,20,22). The van der Waals surface area contributed by atoms with Crippen LogP contribution in [0.1, 0.15) is 10.5 Å². The predicted octanol–water partition coefficient (Wildman–Crippen LogP) is 4.88. The molecule has 0 saturated carbocycles. The summed E-state index contributed by atoms with van der Waals surface area (Å²) < 4.78 is 15.4. The number of benzene rings is 2. The summed E-state index contributed by atoms with van der Waals surface area (Å²) in [4.78, 5) is 12.4. The van der Waals surface area contributed by atoms with E-state index in [1.54, 1.807) is 41.9 Å². The Morgan fingerprint density at radius 3 is 2.59 bits per heavy atom. The highest BCUT2D eigenvalue weighted by atomic mass is 35.5. The molecule has 3 nitrogen and oxygen atoms in total. The van der Waals surface area contributed by atoms with E-state index in [2.05, 4.69) is 5.32 Å². The first-order chi connectivity index (χ1) is 10.5. The molecule has 0 saturated heterocycles. The lowest BCUT2D eigenvalue weighted by molar-refractivity contribution is 0.102. The average molecular weight is 337 g/mol. The highest BCUT2D eigenvalue weighted by Crippen LogP contribution is 2.26. The topological polar surface area (TPSA) is 34.0 Å². The van der Waals surface area contributed by atoms with Crippen molar-refractivity contribution in [1.29, 1.82) is 0 Å². The molecular weight excluding hydrogens is 326 g/mol. The number of nitrogens with zero attached hydrogens (tertiary/aromatic N) is 1. The van der Waals surface area contributed by atoms with Crippen molar-refractivity contribution in [2.24, 2.45) is 7.05 Å². The average Bonchev–Trinajstić information content (AvgIpc) is 2.82. The molecule has 112 valence electrons. The van der Waals surface area contributed by atoms with Crippen LogP contribution in [-0.4, -0.2) is 10.5 Å². The first-order valence-corrected chi connectivity index (χ1v) is 7.23. The number of carbonyl (C=O) groups excluding carboxylic acids is 1. The number of rotatable bonds is 2. The fourth-order valence-electron chi connectivity index (χ4n) is 2.31. The van der Waals surface area contributed by atoms with Gasteiger partial charge in [-0.3, -0.25) is 4.79 Å². The van der Waals surface area contributed by atoms with E-state index >= 15 is 0 Å². The minimum atomic E-state index is -0.360. The number of hydrogen-bond acceptors (Lipinski definition) is 1.